The van der Waals surface area contributed by atoms with E-state index < -0.39 is 0 Å². The number of nitrogens with two attached hydrogens (primary N) is 1. The van der Waals surface area contributed by atoms with Gasteiger partial charge in [-0.25, -0.2) is 15.0 Å². The summed E-state index contributed by atoms with van der Waals surface area (Å²) in [6.07, 6.45) is 3.15. The van der Waals surface area contributed by atoms with Crippen molar-refractivity contribution in [3.8, 4) is 0 Å². The van der Waals surface area contributed by atoms with Gasteiger partial charge in [0.15, 0.2) is 5.65 Å². The Kier molecular flexibility index (Phi) is 3.73. The van der Waals surface area contributed by atoms with Crippen LogP contribution < -0.4 is 5.73 Å². The number of H-pyrrole nitrogens is 1. The highest BCUT2D eigenvalue weighted by Crippen LogP contribution is 2.35. The first kappa shape index (κ1) is 13.5. The number of nitrogens with one attached hydrogen (secondary N) is 1. The minimum atomic E-state index is -0.0471. The second-order valence-electron chi connectivity index (χ2n) is 4.35. The third-order valence-electron chi connectivity index (χ3n) is 2.86. The molecule has 0 aliphatic heterocycles. The van der Waals surface area contributed by atoms with Gasteiger partial charge >= 0.3 is 0 Å². The van der Waals surface area contributed by atoms with Gasteiger partial charge in [-0.2, -0.15) is 0 Å². The van der Waals surface area contributed by atoms with Crippen molar-refractivity contribution in [2.75, 3.05) is 0 Å². The van der Waals surface area contributed by atoms with Crippen LogP contribution in [-0.2, 0) is 0 Å². The van der Waals surface area contributed by atoms with Crippen molar-refractivity contribution in [2.24, 2.45) is 5.73 Å². The average molecular weight is 350 g/mol. The molecular weight excluding hydrogens is 338 g/mol. The summed E-state index contributed by atoms with van der Waals surface area (Å²) in [6.45, 7) is 1.97. The van der Waals surface area contributed by atoms with Crippen molar-refractivity contribution in [3.05, 3.63) is 40.9 Å². The lowest BCUT2D eigenvalue weighted by molar-refractivity contribution is 0.796. The molecule has 0 aliphatic carbocycles. The standard InChI is InChI=1S/C13H12BrN5S/c1-7(15)9-4-8(14)2-3-10(9)20-13-11-12(17-5-16-11)18-6-19-13/h2-7H,15H2,1H3,(H,16,17,18,19). The molecule has 7 heteroatoms. The summed E-state index contributed by atoms with van der Waals surface area (Å²) in [5, 5.41) is 0.844. The Balaban J connectivity index is 2.05. The number of benzene rings is 1. The topological polar surface area (TPSA) is 80.5 Å². The summed E-state index contributed by atoms with van der Waals surface area (Å²) in [7, 11) is 0. The summed E-state index contributed by atoms with van der Waals surface area (Å²) in [6, 6.07) is 6.03. The molecule has 3 rings (SSSR count). The number of rotatable bonds is 3. The van der Waals surface area contributed by atoms with E-state index in [1.54, 1.807) is 18.1 Å². The van der Waals surface area contributed by atoms with Crippen molar-refractivity contribution in [1.29, 1.82) is 0 Å². The molecule has 0 saturated heterocycles. The molecule has 3 N–H and O–H groups in total. The van der Waals surface area contributed by atoms with Gasteiger partial charge in [-0.1, -0.05) is 27.7 Å². The van der Waals surface area contributed by atoms with Gasteiger partial charge in [0.1, 0.15) is 16.9 Å². The van der Waals surface area contributed by atoms with E-state index in [-0.39, 0.29) is 6.04 Å². The molecule has 0 spiro atoms. The van der Waals surface area contributed by atoms with Gasteiger partial charge in [0, 0.05) is 15.4 Å². The molecule has 0 radical (unpaired) electrons. The second kappa shape index (κ2) is 5.51. The second-order valence-corrected chi connectivity index (χ2v) is 6.30. The number of halogens is 1. The molecule has 20 heavy (non-hydrogen) atoms. The Morgan fingerprint density at radius 1 is 1.30 bits per heavy atom. The Hall–Kier alpha value is -1.44. The summed E-state index contributed by atoms with van der Waals surface area (Å²) >= 11 is 5.04. The number of fused-ring (bicyclic) bond motifs is 1. The minimum Gasteiger partial charge on any atom is -0.341 e. The van der Waals surface area contributed by atoms with Crippen LogP contribution in [0, 0.1) is 0 Å². The molecule has 2 aromatic heterocycles. The van der Waals surface area contributed by atoms with E-state index in [1.165, 1.54) is 6.33 Å². The molecule has 1 unspecified atom stereocenters. The van der Waals surface area contributed by atoms with Crippen LogP contribution in [0.1, 0.15) is 18.5 Å². The van der Waals surface area contributed by atoms with Gasteiger partial charge in [0.05, 0.1) is 6.33 Å². The fourth-order valence-corrected chi connectivity index (χ4v) is 3.33. The maximum Gasteiger partial charge on any atom is 0.181 e. The molecule has 0 amide bonds. The van der Waals surface area contributed by atoms with Gasteiger partial charge in [0.2, 0.25) is 0 Å². The lowest BCUT2D eigenvalue weighted by atomic mass is 10.1. The van der Waals surface area contributed by atoms with Gasteiger partial charge < -0.3 is 10.7 Å². The predicted octanol–water partition coefficient (Wildman–Crippen LogP) is 3.29. The van der Waals surface area contributed by atoms with E-state index in [2.05, 4.69) is 35.9 Å². The lowest BCUT2D eigenvalue weighted by Gasteiger charge is -2.12. The molecular formula is C13H12BrN5S. The van der Waals surface area contributed by atoms with Crippen molar-refractivity contribution in [3.63, 3.8) is 0 Å². The maximum absolute atomic E-state index is 6.04. The first-order chi connectivity index (χ1) is 9.65. The first-order valence-electron chi connectivity index (χ1n) is 6.02. The largest absolute Gasteiger partial charge is 0.341 e. The van der Waals surface area contributed by atoms with Crippen LogP contribution in [0.2, 0.25) is 0 Å². The number of aromatic amines is 1. The van der Waals surface area contributed by atoms with Crippen LogP contribution in [0.25, 0.3) is 11.2 Å². The zero-order chi connectivity index (χ0) is 14.1. The molecule has 1 aromatic carbocycles. The van der Waals surface area contributed by atoms with Crippen LogP contribution in [0.4, 0.5) is 0 Å². The van der Waals surface area contributed by atoms with E-state index in [0.29, 0.717) is 5.65 Å². The Bertz CT molecular complexity index is 755. The normalized spacial score (nSPS) is 12.8. The predicted molar refractivity (Wildman–Crippen MR) is 82.6 cm³/mol. The third-order valence-corrected chi connectivity index (χ3v) is 4.45. The molecule has 0 bridgehead atoms. The van der Waals surface area contributed by atoms with Crippen LogP contribution >= 0.6 is 27.7 Å². The molecule has 2 heterocycles. The van der Waals surface area contributed by atoms with Gasteiger partial charge in [-0.15, -0.1) is 0 Å². The van der Waals surface area contributed by atoms with Crippen molar-refractivity contribution in [1.82, 2.24) is 19.9 Å². The van der Waals surface area contributed by atoms with E-state index in [1.807, 2.05) is 25.1 Å². The van der Waals surface area contributed by atoms with E-state index >= 15 is 0 Å². The molecule has 0 aliphatic rings. The van der Waals surface area contributed by atoms with Crippen molar-refractivity contribution >= 4 is 38.9 Å². The molecule has 5 nitrogen and oxygen atoms in total. The Morgan fingerprint density at radius 2 is 2.15 bits per heavy atom. The molecule has 102 valence electrons. The van der Waals surface area contributed by atoms with Crippen LogP contribution in [0.5, 0.6) is 0 Å². The van der Waals surface area contributed by atoms with E-state index in [0.717, 1.165) is 25.5 Å². The highest BCUT2D eigenvalue weighted by atomic mass is 79.9. The lowest BCUT2D eigenvalue weighted by Crippen LogP contribution is -2.06. The fourth-order valence-electron chi connectivity index (χ4n) is 1.89. The molecule has 0 saturated carbocycles. The van der Waals surface area contributed by atoms with Crippen molar-refractivity contribution < 1.29 is 0 Å². The highest BCUT2D eigenvalue weighted by Gasteiger charge is 2.13. The smallest absolute Gasteiger partial charge is 0.181 e. The fraction of sp³-hybridized carbons (Fsp3) is 0.154. The number of aromatic nitrogens is 4. The van der Waals surface area contributed by atoms with Crippen LogP contribution in [-0.4, -0.2) is 19.9 Å². The SMILES string of the molecule is CC(N)c1cc(Br)ccc1Sc1ncnc2nc[nH]c12. The quantitative estimate of drug-likeness (QED) is 0.709. The maximum atomic E-state index is 6.04. The van der Waals surface area contributed by atoms with Crippen molar-refractivity contribution in [2.45, 2.75) is 22.9 Å². The first-order valence-corrected chi connectivity index (χ1v) is 7.63. The van der Waals surface area contributed by atoms with Gasteiger partial charge in [-0.05, 0) is 30.7 Å². The average Bonchev–Trinajstić information content (AvgIpc) is 2.90. The summed E-state index contributed by atoms with van der Waals surface area (Å²) in [5.41, 5.74) is 8.63. The zero-order valence-electron chi connectivity index (χ0n) is 10.7. The summed E-state index contributed by atoms with van der Waals surface area (Å²) < 4.78 is 1.02. The molecule has 3 aromatic rings. The van der Waals surface area contributed by atoms with Crippen LogP contribution in [0.3, 0.4) is 0 Å². The minimum absolute atomic E-state index is 0.0471. The Labute approximate surface area is 128 Å². The number of nitrogens with zero attached hydrogens (tertiary/aromatic N) is 3. The van der Waals surface area contributed by atoms with E-state index in [4.69, 9.17) is 5.73 Å². The molecule has 0 fully saturated rings. The molecule has 1 atom stereocenters. The van der Waals surface area contributed by atoms with Crippen LogP contribution in [0.15, 0.2) is 45.2 Å². The summed E-state index contributed by atoms with van der Waals surface area (Å²) in [5.74, 6) is 0. The van der Waals surface area contributed by atoms with Gasteiger partial charge in [-0.3, -0.25) is 0 Å². The number of hydrogen-bond acceptors (Lipinski definition) is 5. The third kappa shape index (κ3) is 2.56. The number of hydrogen-bond donors (Lipinski definition) is 2. The monoisotopic (exact) mass is 349 g/mol. The Morgan fingerprint density at radius 3 is 2.95 bits per heavy atom. The highest BCUT2D eigenvalue weighted by molar-refractivity contribution is 9.10. The van der Waals surface area contributed by atoms with Gasteiger partial charge in [0.25, 0.3) is 0 Å². The number of imidazole rings is 1. The summed E-state index contributed by atoms with van der Waals surface area (Å²) in [4.78, 5) is 16.7. The zero-order valence-corrected chi connectivity index (χ0v) is 13.1. The van der Waals surface area contributed by atoms with E-state index in [9.17, 15) is 0 Å².